The number of nitrogens with two attached hydrogens (primary N) is 1. The molecule has 0 heterocycles. The van der Waals surface area contributed by atoms with Gasteiger partial charge in [0.1, 0.15) is 0 Å². The predicted octanol–water partition coefficient (Wildman–Crippen LogP) is 2.03. The molecular formula is C6H7IN2. The fourth-order valence-corrected chi connectivity index (χ4v) is 0.933. The van der Waals surface area contributed by atoms with Crippen LogP contribution in [0.1, 0.15) is 0 Å². The smallest absolute Gasteiger partial charge is 0.0560 e. The number of halogens is 1. The molecule has 3 N–H and O–H groups in total. The quantitative estimate of drug-likeness (QED) is 0.443. The van der Waals surface area contributed by atoms with Crippen molar-refractivity contribution in [3.05, 3.63) is 24.3 Å². The van der Waals surface area contributed by atoms with Crippen molar-refractivity contribution >= 4 is 34.2 Å². The Kier molecular flexibility index (Phi) is 2.16. The SMILES string of the molecule is Nc1cccc(NI)c1. The van der Waals surface area contributed by atoms with Gasteiger partial charge in [0, 0.05) is 11.4 Å². The van der Waals surface area contributed by atoms with Crippen molar-refractivity contribution in [2.75, 3.05) is 9.26 Å². The lowest BCUT2D eigenvalue weighted by molar-refractivity contribution is 1.68. The number of hydrogen-bond acceptors (Lipinski definition) is 2. The van der Waals surface area contributed by atoms with Gasteiger partial charge in [0.2, 0.25) is 0 Å². The van der Waals surface area contributed by atoms with Gasteiger partial charge in [-0.25, -0.2) is 0 Å². The van der Waals surface area contributed by atoms with Crippen LogP contribution >= 0.6 is 22.9 Å². The highest BCUT2D eigenvalue weighted by Crippen LogP contribution is 2.12. The van der Waals surface area contributed by atoms with E-state index < -0.39 is 0 Å². The lowest BCUT2D eigenvalue weighted by atomic mass is 10.3. The highest BCUT2D eigenvalue weighted by atomic mass is 127. The van der Waals surface area contributed by atoms with E-state index in [9.17, 15) is 0 Å². The predicted molar refractivity (Wildman–Crippen MR) is 48.5 cm³/mol. The van der Waals surface area contributed by atoms with Gasteiger partial charge in [-0.3, -0.25) is 0 Å². The monoisotopic (exact) mass is 234 g/mol. The lowest BCUT2D eigenvalue weighted by Crippen LogP contribution is -1.84. The van der Waals surface area contributed by atoms with Crippen LogP contribution in [-0.2, 0) is 0 Å². The van der Waals surface area contributed by atoms with Crippen LogP contribution in [0.3, 0.4) is 0 Å². The molecule has 0 bridgehead atoms. The zero-order valence-corrected chi connectivity index (χ0v) is 6.92. The Bertz CT molecular complexity index is 200. The Morgan fingerprint density at radius 3 is 2.67 bits per heavy atom. The Hall–Kier alpha value is -0.450. The van der Waals surface area contributed by atoms with Gasteiger partial charge < -0.3 is 9.26 Å². The van der Waals surface area contributed by atoms with Crippen molar-refractivity contribution in [2.24, 2.45) is 0 Å². The minimum Gasteiger partial charge on any atom is -0.399 e. The fourth-order valence-electron chi connectivity index (χ4n) is 0.597. The summed E-state index contributed by atoms with van der Waals surface area (Å²) in [6.45, 7) is 0. The van der Waals surface area contributed by atoms with Crippen molar-refractivity contribution in [3.63, 3.8) is 0 Å². The average Bonchev–Trinajstić information content (AvgIpc) is 1.88. The topological polar surface area (TPSA) is 38.0 Å². The summed E-state index contributed by atoms with van der Waals surface area (Å²) < 4.78 is 2.96. The number of benzene rings is 1. The molecule has 0 fully saturated rings. The summed E-state index contributed by atoms with van der Waals surface area (Å²) >= 11 is 2.06. The third-order valence-electron chi connectivity index (χ3n) is 0.996. The maximum Gasteiger partial charge on any atom is 0.0560 e. The lowest BCUT2D eigenvalue weighted by Gasteiger charge is -1.96. The molecule has 2 nitrogen and oxygen atoms in total. The molecule has 0 saturated carbocycles. The van der Waals surface area contributed by atoms with Crippen LogP contribution in [0.5, 0.6) is 0 Å². The molecule has 0 saturated heterocycles. The largest absolute Gasteiger partial charge is 0.399 e. The minimum atomic E-state index is 0.789. The summed E-state index contributed by atoms with van der Waals surface area (Å²) in [6.07, 6.45) is 0. The maximum atomic E-state index is 5.49. The highest BCUT2D eigenvalue weighted by molar-refractivity contribution is 14.1. The van der Waals surface area contributed by atoms with Gasteiger partial charge in [0.05, 0.1) is 22.9 Å². The molecule has 0 aliphatic carbocycles. The van der Waals surface area contributed by atoms with Crippen LogP contribution in [0.2, 0.25) is 0 Å². The van der Waals surface area contributed by atoms with Gasteiger partial charge in [-0.2, -0.15) is 0 Å². The third kappa shape index (κ3) is 1.74. The second-order valence-electron chi connectivity index (χ2n) is 1.72. The number of nitrogen functional groups attached to an aromatic ring is 1. The van der Waals surface area contributed by atoms with Gasteiger partial charge >= 0.3 is 0 Å². The minimum absolute atomic E-state index is 0.789. The summed E-state index contributed by atoms with van der Waals surface area (Å²) in [5.74, 6) is 0. The molecule has 3 heteroatoms. The fraction of sp³-hybridized carbons (Fsp3) is 0. The molecule has 1 rings (SSSR count). The number of nitrogens with one attached hydrogen (secondary N) is 1. The first kappa shape index (κ1) is 6.67. The molecule has 0 aliphatic rings. The van der Waals surface area contributed by atoms with Crippen LogP contribution in [0.15, 0.2) is 24.3 Å². The van der Waals surface area contributed by atoms with Crippen LogP contribution < -0.4 is 9.26 Å². The Morgan fingerprint density at radius 2 is 2.22 bits per heavy atom. The summed E-state index contributed by atoms with van der Waals surface area (Å²) in [7, 11) is 0. The van der Waals surface area contributed by atoms with Gasteiger partial charge in [-0.15, -0.1) is 0 Å². The van der Waals surface area contributed by atoms with E-state index in [1.807, 2.05) is 24.3 Å². The molecule has 0 atom stereocenters. The first-order valence-electron chi connectivity index (χ1n) is 2.55. The van der Waals surface area contributed by atoms with E-state index in [0.717, 1.165) is 11.4 Å². The van der Waals surface area contributed by atoms with Crippen molar-refractivity contribution < 1.29 is 0 Å². The molecule has 0 spiro atoms. The van der Waals surface area contributed by atoms with Gasteiger partial charge in [0.15, 0.2) is 0 Å². The van der Waals surface area contributed by atoms with E-state index in [1.165, 1.54) is 0 Å². The standard InChI is InChI=1S/C6H7IN2/c7-9-6-3-1-2-5(8)4-6/h1-4,9H,8H2. The van der Waals surface area contributed by atoms with E-state index in [-0.39, 0.29) is 0 Å². The zero-order chi connectivity index (χ0) is 6.69. The van der Waals surface area contributed by atoms with Gasteiger partial charge in [0.25, 0.3) is 0 Å². The number of anilines is 2. The van der Waals surface area contributed by atoms with Crippen molar-refractivity contribution in [1.29, 1.82) is 0 Å². The second kappa shape index (κ2) is 2.91. The van der Waals surface area contributed by atoms with E-state index in [4.69, 9.17) is 5.73 Å². The van der Waals surface area contributed by atoms with Crippen LogP contribution in [0.25, 0.3) is 0 Å². The maximum absolute atomic E-state index is 5.49. The Labute approximate surface area is 67.9 Å². The molecule has 9 heavy (non-hydrogen) atoms. The molecule has 0 amide bonds. The molecule has 0 aromatic heterocycles. The molecule has 0 radical (unpaired) electrons. The van der Waals surface area contributed by atoms with Gasteiger partial charge in [-0.05, 0) is 18.2 Å². The molecule has 0 unspecified atom stereocenters. The molecule has 48 valence electrons. The van der Waals surface area contributed by atoms with Crippen LogP contribution in [0, 0.1) is 0 Å². The molecule has 1 aromatic carbocycles. The van der Waals surface area contributed by atoms with Crippen LogP contribution in [-0.4, -0.2) is 0 Å². The second-order valence-corrected chi connectivity index (χ2v) is 2.26. The van der Waals surface area contributed by atoms with E-state index >= 15 is 0 Å². The van der Waals surface area contributed by atoms with Crippen molar-refractivity contribution in [1.82, 2.24) is 0 Å². The first-order valence-corrected chi connectivity index (χ1v) is 3.63. The summed E-state index contributed by atoms with van der Waals surface area (Å²) in [4.78, 5) is 0. The van der Waals surface area contributed by atoms with E-state index in [2.05, 4.69) is 26.4 Å². The molecular weight excluding hydrogens is 227 g/mol. The van der Waals surface area contributed by atoms with E-state index in [0.29, 0.717) is 0 Å². The molecule has 1 aromatic rings. The third-order valence-corrected chi connectivity index (χ3v) is 1.62. The number of rotatable bonds is 1. The summed E-state index contributed by atoms with van der Waals surface area (Å²) in [5.41, 5.74) is 7.32. The van der Waals surface area contributed by atoms with Crippen molar-refractivity contribution in [3.8, 4) is 0 Å². The normalized spacial score (nSPS) is 9.00. The first-order chi connectivity index (χ1) is 4.33. The van der Waals surface area contributed by atoms with Gasteiger partial charge in [-0.1, -0.05) is 6.07 Å². The average molecular weight is 234 g/mol. The zero-order valence-electron chi connectivity index (χ0n) is 4.76. The Morgan fingerprint density at radius 1 is 1.44 bits per heavy atom. The van der Waals surface area contributed by atoms with Crippen molar-refractivity contribution in [2.45, 2.75) is 0 Å². The van der Waals surface area contributed by atoms with Crippen LogP contribution in [0.4, 0.5) is 11.4 Å². The van der Waals surface area contributed by atoms with E-state index in [1.54, 1.807) is 0 Å². The number of hydrogen-bond donors (Lipinski definition) is 2. The summed E-state index contributed by atoms with van der Waals surface area (Å²) in [6, 6.07) is 7.61. The Balaban J connectivity index is 2.94. The summed E-state index contributed by atoms with van der Waals surface area (Å²) in [5, 5.41) is 0. The molecule has 0 aliphatic heterocycles. The highest BCUT2D eigenvalue weighted by Gasteiger charge is 1.86.